The standard InChI is InChI=1S/C27H24BrN3S/c28-23-13-11-20(12-14-23)16-31-17-22(15-19-7-3-1-4-8-19)26-24(18-31)25(29-27(32)30-26)21-9-5-2-6-10-21/h1-15,25H,16-18H2,(H2,29,30,32)/b22-15+. The van der Waals surface area contributed by atoms with Crippen LogP contribution in [0.2, 0.25) is 0 Å². The van der Waals surface area contributed by atoms with E-state index in [1.165, 1.54) is 33.5 Å². The zero-order chi connectivity index (χ0) is 21.9. The highest BCUT2D eigenvalue weighted by Gasteiger charge is 2.33. The zero-order valence-corrected chi connectivity index (χ0v) is 20.0. The first kappa shape index (κ1) is 21.1. The van der Waals surface area contributed by atoms with Crippen LogP contribution in [0.4, 0.5) is 0 Å². The van der Waals surface area contributed by atoms with Crippen LogP contribution in [0.15, 0.2) is 106 Å². The van der Waals surface area contributed by atoms with E-state index in [2.05, 4.69) is 122 Å². The summed E-state index contributed by atoms with van der Waals surface area (Å²) in [6.07, 6.45) is 2.28. The maximum absolute atomic E-state index is 5.61. The lowest BCUT2D eigenvalue weighted by molar-refractivity contribution is 0.292. The van der Waals surface area contributed by atoms with Crippen molar-refractivity contribution < 1.29 is 0 Å². The monoisotopic (exact) mass is 501 g/mol. The molecule has 3 nitrogen and oxygen atoms in total. The van der Waals surface area contributed by atoms with Gasteiger partial charge >= 0.3 is 0 Å². The number of halogens is 1. The van der Waals surface area contributed by atoms with Gasteiger partial charge in [-0.2, -0.15) is 0 Å². The van der Waals surface area contributed by atoms with Crippen molar-refractivity contribution in [3.05, 3.63) is 123 Å². The number of benzene rings is 3. The molecule has 32 heavy (non-hydrogen) atoms. The third-order valence-corrected chi connectivity index (χ3v) is 6.63. The number of thiocarbonyl (C=S) groups is 1. The summed E-state index contributed by atoms with van der Waals surface area (Å²) < 4.78 is 1.10. The molecule has 5 heteroatoms. The van der Waals surface area contributed by atoms with Gasteiger partial charge < -0.3 is 10.6 Å². The first-order chi connectivity index (χ1) is 15.7. The second kappa shape index (κ2) is 9.41. The fraction of sp³-hybridized carbons (Fsp3) is 0.148. The molecule has 5 rings (SSSR count). The lowest BCUT2D eigenvalue weighted by Crippen LogP contribution is -2.49. The summed E-state index contributed by atoms with van der Waals surface area (Å²) >= 11 is 9.16. The van der Waals surface area contributed by atoms with Gasteiger partial charge in [-0.05, 0) is 58.3 Å². The van der Waals surface area contributed by atoms with Crippen LogP contribution < -0.4 is 10.6 Å². The van der Waals surface area contributed by atoms with E-state index in [0.29, 0.717) is 5.11 Å². The van der Waals surface area contributed by atoms with E-state index in [1.807, 2.05) is 0 Å². The van der Waals surface area contributed by atoms with E-state index < -0.39 is 0 Å². The zero-order valence-electron chi connectivity index (χ0n) is 17.6. The number of hydrogen-bond donors (Lipinski definition) is 2. The van der Waals surface area contributed by atoms with Crippen molar-refractivity contribution >= 4 is 39.3 Å². The van der Waals surface area contributed by atoms with Gasteiger partial charge in [0.1, 0.15) is 0 Å². The summed E-state index contributed by atoms with van der Waals surface area (Å²) in [6, 6.07) is 29.7. The maximum atomic E-state index is 5.61. The highest BCUT2D eigenvalue weighted by Crippen LogP contribution is 2.34. The van der Waals surface area contributed by atoms with Crippen LogP contribution in [0.3, 0.4) is 0 Å². The predicted octanol–water partition coefficient (Wildman–Crippen LogP) is 5.82. The Morgan fingerprint density at radius 1 is 0.906 bits per heavy atom. The van der Waals surface area contributed by atoms with Crippen LogP contribution in [-0.4, -0.2) is 23.1 Å². The molecular weight excluding hydrogens is 478 g/mol. The van der Waals surface area contributed by atoms with Crippen LogP contribution in [0.5, 0.6) is 0 Å². The van der Waals surface area contributed by atoms with Crippen LogP contribution in [0.1, 0.15) is 22.7 Å². The first-order valence-corrected chi connectivity index (χ1v) is 11.9. The van der Waals surface area contributed by atoms with E-state index in [9.17, 15) is 0 Å². The highest BCUT2D eigenvalue weighted by atomic mass is 79.9. The van der Waals surface area contributed by atoms with Gasteiger partial charge in [0.15, 0.2) is 5.11 Å². The molecule has 1 atom stereocenters. The largest absolute Gasteiger partial charge is 0.352 e. The van der Waals surface area contributed by atoms with Crippen LogP contribution >= 0.6 is 28.1 Å². The van der Waals surface area contributed by atoms with Gasteiger partial charge in [0, 0.05) is 29.8 Å². The van der Waals surface area contributed by atoms with Crippen molar-refractivity contribution in [1.29, 1.82) is 0 Å². The minimum absolute atomic E-state index is 0.0619. The van der Waals surface area contributed by atoms with Crippen molar-refractivity contribution in [1.82, 2.24) is 15.5 Å². The number of rotatable bonds is 4. The Bertz CT molecular complexity index is 1170. The summed E-state index contributed by atoms with van der Waals surface area (Å²) in [4.78, 5) is 2.50. The van der Waals surface area contributed by atoms with E-state index in [1.54, 1.807) is 0 Å². The van der Waals surface area contributed by atoms with Crippen molar-refractivity contribution in [3.63, 3.8) is 0 Å². The molecule has 0 saturated carbocycles. The van der Waals surface area contributed by atoms with Crippen LogP contribution in [0.25, 0.3) is 6.08 Å². The summed E-state index contributed by atoms with van der Waals surface area (Å²) in [7, 11) is 0. The Morgan fingerprint density at radius 3 is 2.31 bits per heavy atom. The summed E-state index contributed by atoms with van der Waals surface area (Å²) in [5.41, 5.74) is 7.49. The molecule has 0 aromatic heterocycles. The van der Waals surface area contributed by atoms with Gasteiger partial charge in [0.2, 0.25) is 0 Å². The smallest absolute Gasteiger partial charge is 0.171 e. The van der Waals surface area contributed by atoms with Gasteiger partial charge in [-0.3, -0.25) is 4.90 Å². The molecule has 0 radical (unpaired) electrons. The fourth-order valence-corrected chi connectivity index (χ4v) is 4.91. The Balaban J connectivity index is 1.55. The molecule has 0 aliphatic carbocycles. The summed E-state index contributed by atoms with van der Waals surface area (Å²) in [5.74, 6) is 0. The molecule has 3 aromatic carbocycles. The van der Waals surface area contributed by atoms with E-state index in [4.69, 9.17) is 12.2 Å². The lowest BCUT2D eigenvalue weighted by Gasteiger charge is -2.40. The van der Waals surface area contributed by atoms with Gasteiger partial charge in [-0.25, -0.2) is 0 Å². The van der Waals surface area contributed by atoms with Crippen molar-refractivity contribution in [2.45, 2.75) is 12.6 Å². The Hall–Kier alpha value is -2.73. The maximum Gasteiger partial charge on any atom is 0.171 e. The molecule has 0 spiro atoms. The molecule has 2 heterocycles. The molecule has 0 bridgehead atoms. The molecule has 0 fully saturated rings. The minimum Gasteiger partial charge on any atom is -0.352 e. The quantitative estimate of drug-likeness (QED) is 0.440. The average molecular weight is 502 g/mol. The second-order valence-electron chi connectivity index (χ2n) is 8.19. The Kier molecular flexibility index (Phi) is 6.21. The van der Waals surface area contributed by atoms with Crippen LogP contribution in [-0.2, 0) is 6.54 Å². The van der Waals surface area contributed by atoms with Gasteiger partial charge in [0.05, 0.1) is 6.04 Å². The van der Waals surface area contributed by atoms with Gasteiger partial charge in [-0.15, -0.1) is 0 Å². The molecule has 160 valence electrons. The van der Waals surface area contributed by atoms with E-state index in [0.717, 1.165) is 24.1 Å². The third kappa shape index (κ3) is 4.70. The number of nitrogens with zero attached hydrogens (tertiary/aromatic N) is 1. The van der Waals surface area contributed by atoms with E-state index >= 15 is 0 Å². The fourth-order valence-electron chi connectivity index (χ4n) is 4.42. The average Bonchev–Trinajstić information content (AvgIpc) is 2.82. The molecule has 0 saturated heterocycles. The molecule has 2 aliphatic rings. The first-order valence-electron chi connectivity index (χ1n) is 10.7. The second-order valence-corrected chi connectivity index (χ2v) is 9.52. The molecule has 2 N–H and O–H groups in total. The molecule has 0 amide bonds. The number of hydrogen-bond acceptors (Lipinski definition) is 2. The predicted molar refractivity (Wildman–Crippen MR) is 139 cm³/mol. The minimum atomic E-state index is 0.0619. The number of nitrogens with one attached hydrogen (secondary N) is 2. The normalized spacial score (nSPS) is 20.0. The van der Waals surface area contributed by atoms with Crippen molar-refractivity contribution in [3.8, 4) is 0 Å². The van der Waals surface area contributed by atoms with Crippen LogP contribution in [0, 0.1) is 0 Å². The third-order valence-electron chi connectivity index (χ3n) is 5.89. The van der Waals surface area contributed by atoms with Gasteiger partial charge in [0.25, 0.3) is 0 Å². The SMILES string of the molecule is S=C1NC2=C(CN(Cc3ccc(Br)cc3)C/C2=C\c2ccccc2)C(c2ccccc2)N1. The molecular formula is C27H24BrN3S. The Labute approximate surface area is 203 Å². The lowest BCUT2D eigenvalue weighted by atomic mass is 9.88. The molecule has 1 unspecified atom stereocenters. The van der Waals surface area contributed by atoms with E-state index in [-0.39, 0.29) is 6.04 Å². The molecule has 3 aromatic rings. The topological polar surface area (TPSA) is 27.3 Å². The van der Waals surface area contributed by atoms with Crippen molar-refractivity contribution in [2.75, 3.05) is 13.1 Å². The molecule has 2 aliphatic heterocycles. The van der Waals surface area contributed by atoms with Crippen molar-refractivity contribution in [2.24, 2.45) is 0 Å². The summed E-state index contributed by atoms with van der Waals surface area (Å²) in [5, 5.41) is 7.67. The van der Waals surface area contributed by atoms with Gasteiger partial charge in [-0.1, -0.05) is 88.7 Å². The summed E-state index contributed by atoms with van der Waals surface area (Å²) in [6.45, 7) is 2.63. The Morgan fingerprint density at radius 2 is 1.59 bits per heavy atom. The highest BCUT2D eigenvalue weighted by molar-refractivity contribution is 9.10.